The molecule has 0 saturated heterocycles. The highest BCUT2D eigenvalue weighted by Crippen LogP contribution is 2.41. The molecule has 1 aliphatic carbocycles. The Labute approximate surface area is 155 Å². The van der Waals surface area contributed by atoms with Crippen LogP contribution in [-0.2, 0) is 0 Å². The van der Waals surface area contributed by atoms with E-state index in [0.717, 1.165) is 0 Å². The minimum absolute atomic E-state index is 0.0306. The fourth-order valence-electron chi connectivity index (χ4n) is 3.06. The fourth-order valence-corrected chi connectivity index (χ4v) is 3.06. The highest BCUT2D eigenvalue weighted by molar-refractivity contribution is 5.94. The Hall–Kier alpha value is -2.17. The highest BCUT2D eigenvalue weighted by atomic mass is 16.5. The molecule has 2 N–H and O–H groups in total. The van der Waals surface area contributed by atoms with Crippen molar-refractivity contribution in [1.29, 1.82) is 0 Å². The van der Waals surface area contributed by atoms with Gasteiger partial charge in [0.2, 0.25) is 0 Å². The van der Waals surface area contributed by atoms with Gasteiger partial charge in [-0.2, -0.15) is 0 Å². The molecule has 4 heteroatoms. The number of ether oxygens (including phenoxy) is 1. The Morgan fingerprint density at radius 2 is 1.81 bits per heavy atom. The van der Waals surface area contributed by atoms with Crippen LogP contribution >= 0.6 is 0 Å². The maximum Gasteiger partial charge on any atom is 0.159 e. The largest absolute Gasteiger partial charge is 0.491 e. The first-order chi connectivity index (χ1) is 12.5. The summed E-state index contributed by atoms with van der Waals surface area (Å²) in [5.74, 6) is 1.35. The number of benzene rings is 2. The lowest BCUT2D eigenvalue weighted by molar-refractivity contribution is 0.101. The van der Waals surface area contributed by atoms with Gasteiger partial charge in [0.25, 0.3) is 0 Å². The van der Waals surface area contributed by atoms with Crippen LogP contribution in [0.3, 0.4) is 0 Å². The van der Waals surface area contributed by atoms with Gasteiger partial charge < -0.3 is 15.2 Å². The van der Waals surface area contributed by atoms with Crippen molar-refractivity contribution in [2.75, 3.05) is 13.2 Å². The van der Waals surface area contributed by atoms with Crippen molar-refractivity contribution in [2.24, 2.45) is 5.92 Å². The predicted molar refractivity (Wildman–Crippen MR) is 103 cm³/mol. The van der Waals surface area contributed by atoms with E-state index in [1.54, 1.807) is 24.3 Å². The van der Waals surface area contributed by atoms with Crippen LogP contribution in [0.5, 0.6) is 5.75 Å². The lowest BCUT2D eigenvalue weighted by Crippen LogP contribution is -2.34. The molecule has 2 aromatic carbocycles. The smallest absolute Gasteiger partial charge is 0.159 e. The first-order valence-corrected chi connectivity index (χ1v) is 9.25. The van der Waals surface area contributed by atoms with Gasteiger partial charge in [0.05, 0.1) is 0 Å². The van der Waals surface area contributed by atoms with E-state index in [9.17, 15) is 9.90 Å². The summed E-state index contributed by atoms with van der Waals surface area (Å²) in [6, 6.07) is 15.9. The van der Waals surface area contributed by atoms with E-state index in [1.165, 1.54) is 30.9 Å². The van der Waals surface area contributed by atoms with Crippen LogP contribution in [0.2, 0.25) is 0 Å². The third-order valence-electron chi connectivity index (χ3n) is 4.81. The van der Waals surface area contributed by atoms with Crippen molar-refractivity contribution >= 4 is 5.78 Å². The number of aryl methyl sites for hydroxylation is 1. The van der Waals surface area contributed by atoms with E-state index < -0.39 is 6.10 Å². The van der Waals surface area contributed by atoms with Gasteiger partial charge in [0.1, 0.15) is 18.5 Å². The highest BCUT2D eigenvalue weighted by Gasteiger charge is 2.32. The first-order valence-electron chi connectivity index (χ1n) is 9.25. The van der Waals surface area contributed by atoms with Crippen LogP contribution in [0.25, 0.3) is 0 Å². The van der Waals surface area contributed by atoms with Gasteiger partial charge in [-0.25, -0.2) is 0 Å². The molecule has 0 heterocycles. The molecule has 4 nitrogen and oxygen atoms in total. The number of carbonyl (C=O) groups is 1. The zero-order valence-corrected chi connectivity index (χ0v) is 15.4. The summed E-state index contributed by atoms with van der Waals surface area (Å²) in [5.41, 5.74) is 3.20. The monoisotopic (exact) mass is 353 g/mol. The van der Waals surface area contributed by atoms with Crippen LogP contribution < -0.4 is 10.1 Å². The zero-order chi connectivity index (χ0) is 18.5. The molecule has 0 amide bonds. The summed E-state index contributed by atoms with van der Waals surface area (Å²) < 4.78 is 5.63. The summed E-state index contributed by atoms with van der Waals surface area (Å²) in [4.78, 5) is 11.3. The van der Waals surface area contributed by atoms with Gasteiger partial charge in [-0.3, -0.25) is 4.79 Å². The maximum atomic E-state index is 11.3. The normalized spacial score (nSPS) is 16.1. The van der Waals surface area contributed by atoms with E-state index in [-0.39, 0.29) is 12.4 Å². The first kappa shape index (κ1) is 18.6. The van der Waals surface area contributed by atoms with Crippen molar-refractivity contribution in [1.82, 2.24) is 5.32 Å². The SMILES string of the molecule is CC(=O)c1ccc(OC[C@H](O)CN[C@@H](c2ccc(C)cc2)C2CC2)cc1. The van der Waals surface area contributed by atoms with E-state index in [1.807, 2.05) is 0 Å². The number of rotatable bonds is 9. The second-order valence-electron chi connectivity index (χ2n) is 7.18. The Kier molecular flexibility index (Phi) is 6.07. The molecular formula is C22H27NO3. The second kappa shape index (κ2) is 8.47. The molecule has 3 rings (SSSR count). The van der Waals surface area contributed by atoms with Crippen LogP contribution in [0.4, 0.5) is 0 Å². The average molecular weight is 353 g/mol. The number of Topliss-reactive ketones (excluding diaryl/α,β-unsaturated/α-hetero) is 1. The minimum atomic E-state index is -0.589. The van der Waals surface area contributed by atoms with Gasteiger partial charge in [0, 0.05) is 18.2 Å². The van der Waals surface area contributed by atoms with Crippen LogP contribution in [0, 0.1) is 12.8 Å². The Balaban J connectivity index is 1.48. The predicted octanol–water partition coefficient (Wildman–Crippen LogP) is 3.68. The van der Waals surface area contributed by atoms with Gasteiger partial charge in [0.15, 0.2) is 5.78 Å². The molecule has 1 saturated carbocycles. The lowest BCUT2D eigenvalue weighted by atomic mass is 10.0. The third-order valence-corrected chi connectivity index (χ3v) is 4.81. The van der Waals surface area contributed by atoms with E-state index in [4.69, 9.17) is 4.74 Å². The van der Waals surface area contributed by atoms with Crippen molar-refractivity contribution in [2.45, 2.75) is 38.8 Å². The summed E-state index contributed by atoms with van der Waals surface area (Å²) in [7, 11) is 0. The number of hydrogen-bond donors (Lipinski definition) is 2. The van der Waals surface area contributed by atoms with Crippen molar-refractivity contribution in [3.63, 3.8) is 0 Å². The molecule has 0 radical (unpaired) electrons. The molecule has 1 aliphatic rings. The van der Waals surface area contributed by atoms with Crippen LogP contribution in [0.1, 0.15) is 47.3 Å². The second-order valence-corrected chi connectivity index (χ2v) is 7.18. The van der Waals surface area contributed by atoms with E-state index in [0.29, 0.717) is 29.8 Å². The van der Waals surface area contributed by atoms with Crippen LogP contribution in [-0.4, -0.2) is 30.1 Å². The Morgan fingerprint density at radius 3 is 2.38 bits per heavy atom. The van der Waals surface area contributed by atoms with Crippen LogP contribution in [0.15, 0.2) is 48.5 Å². The molecule has 26 heavy (non-hydrogen) atoms. The molecule has 2 atom stereocenters. The molecule has 0 spiro atoms. The molecule has 0 unspecified atom stereocenters. The molecule has 0 aromatic heterocycles. The molecular weight excluding hydrogens is 326 g/mol. The van der Waals surface area contributed by atoms with Gasteiger partial charge in [-0.1, -0.05) is 29.8 Å². The summed E-state index contributed by atoms with van der Waals surface area (Å²) >= 11 is 0. The zero-order valence-electron chi connectivity index (χ0n) is 15.4. The molecule has 0 bridgehead atoms. The topological polar surface area (TPSA) is 58.6 Å². The van der Waals surface area contributed by atoms with E-state index >= 15 is 0 Å². The number of hydrogen-bond acceptors (Lipinski definition) is 4. The maximum absolute atomic E-state index is 11.3. The molecule has 2 aromatic rings. The van der Waals surface area contributed by atoms with Crippen molar-refractivity contribution in [3.8, 4) is 5.75 Å². The summed E-state index contributed by atoms with van der Waals surface area (Å²) in [6.45, 7) is 4.33. The third kappa shape index (κ3) is 5.16. The number of aliphatic hydroxyl groups excluding tert-OH is 1. The van der Waals surface area contributed by atoms with Crippen molar-refractivity contribution in [3.05, 3.63) is 65.2 Å². The molecule has 1 fully saturated rings. The fraction of sp³-hybridized carbons (Fsp3) is 0.409. The standard InChI is InChI=1S/C22H27NO3/c1-15-3-5-18(6-4-15)22(19-7-8-19)23-13-20(25)14-26-21-11-9-17(10-12-21)16(2)24/h3-6,9-12,19-20,22-23,25H,7-8,13-14H2,1-2H3/t20-,22+/m1/s1. The average Bonchev–Trinajstić information content (AvgIpc) is 3.47. The number of carbonyl (C=O) groups excluding carboxylic acids is 1. The van der Waals surface area contributed by atoms with Gasteiger partial charge >= 0.3 is 0 Å². The Morgan fingerprint density at radius 1 is 1.15 bits per heavy atom. The molecule has 0 aliphatic heterocycles. The lowest BCUT2D eigenvalue weighted by Gasteiger charge is -2.21. The number of nitrogens with one attached hydrogen (secondary N) is 1. The van der Waals surface area contributed by atoms with Gasteiger partial charge in [-0.05, 0) is 62.4 Å². The summed E-state index contributed by atoms with van der Waals surface area (Å²) in [6.07, 6.45) is 1.88. The van der Waals surface area contributed by atoms with Crippen molar-refractivity contribution < 1.29 is 14.6 Å². The van der Waals surface area contributed by atoms with E-state index in [2.05, 4.69) is 36.5 Å². The number of ketones is 1. The van der Waals surface area contributed by atoms with Gasteiger partial charge in [-0.15, -0.1) is 0 Å². The summed E-state index contributed by atoms with van der Waals surface area (Å²) in [5, 5.41) is 13.8. The quantitative estimate of drug-likeness (QED) is 0.675. The Bertz CT molecular complexity index is 720. The molecule has 138 valence electrons. The minimum Gasteiger partial charge on any atom is -0.491 e. The number of aliphatic hydroxyl groups is 1.